The number of ether oxygens (including phenoxy) is 2. The van der Waals surface area contributed by atoms with Gasteiger partial charge in [-0.1, -0.05) is 18.2 Å². The summed E-state index contributed by atoms with van der Waals surface area (Å²) in [5.41, 5.74) is 5.37. The molecular formula is C23H30N2O2. The summed E-state index contributed by atoms with van der Waals surface area (Å²) in [6.45, 7) is 3.80. The van der Waals surface area contributed by atoms with Crippen molar-refractivity contribution in [3.05, 3.63) is 53.1 Å². The highest BCUT2D eigenvalue weighted by atomic mass is 16.5. The molecule has 1 N–H and O–H groups in total. The van der Waals surface area contributed by atoms with Gasteiger partial charge in [-0.15, -0.1) is 0 Å². The van der Waals surface area contributed by atoms with Crippen molar-refractivity contribution >= 4 is 5.69 Å². The number of hydrogen-bond acceptors (Lipinski definition) is 4. The first-order chi connectivity index (χ1) is 13.2. The molecule has 0 radical (unpaired) electrons. The third kappa shape index (κ3) is 4.06. The van der Waals surface area contributed by atoms with Gasteiger partial charge < -0.3 is 19.7 Å². The highest BCUT2D eigenvalue weighted by Gasteiger charge is 2.23. The second-order valence-electron chi connectivity index (χ2n) is 7.74. The Hall–Kier alpha value is -2.20. The molecule has 1 atom stereocenters. The van der Waals surface area contributed by atoms with Gasteiger partial charge in [0.1, 0.15) is 18.1 Å². The van der Waals surface area contributed by atoms with Crippen molar-refractivity contribution < 1.29 is 9.47 Å². The first-order valence-electron chi connectivity index (χ1n) is 10.1. The minimum absolute atomic E-state index is 0.602. The van der Waals surface area contributed by atoms with E-state index in [4.69, 9.17) is 9.47 Å². The molecule has 1 aliphatic heterocycles. The molecule has 2 aliphatic rings. The van der Waals surface area contributed by atoms with Crippen molar-refractivity contribution in [2.24, 2.45) is 0 Å². The maximum absolute atomic E-state index is 5.77. The Balaban J connectivity index is 1.37. The van der Waals surface area contributed by atoms with Gasteiger partial charge in [0.25, 0.3) is 0 Å². The van der Waals surface area contributed by atoms with Gasteiger partial charge in [0.2, 0.25) is 0 Å². The van der Waals surface area contributed by atoms with Crippen molar-refractivity contribution in [1.82, 2.24) is 4.90 Å². The smallest absolute Gasteiger partial charge is 0.142 e. The number of nitrogens with zero attached hydrogens (tertiary/aromatic N) is 1. The molecule has 4 rings (SSSR count). The Kier molecular flexibility index (Phi) is 5.53. The molecule has 1 aliphatic carbocycles. The third-order valence-electron chi connectivity index (χ3n) is 5.84. The van der Waals surface area contributed by atoms with Gasteiger partial charge in [0.05, 0.1) is 12.8 Å². The molecule has 1 heterocycles. The molecule has 0 saturated heterocycles. The molecular weight excluding hydrogens is 336 g/mol. The van der Waals surface area contributed by atoms with Crippen LogP contribution in [-0.2, 0) is 12.8 Å². The lowest BCUT2D eigenvalue weighted by Crippen LogP contribution is -2.28. The first kappa shape index (κ1) is 18.2. The van der Waals surface area contributed by atoms with E-state index in [-0.39, 0.29) is 0 Å². The standard InChI is InChI=1S/C23H30N2O2/c1-25(13-11-17-9-10-21-23(15-17)27-14-12-24-21)16-18-5-3-7-20-19(18)6-4-8-22(20)26-2/h4,6,8-10,15,18,24H,3,5,7,11-14,16H2,1-2H3. The highest BCUT2D eigenvalue weighted by Crippen LogP contribution is 2.37. The predicted octanol–water partition coefficient (Wildman–Crippen LogP) is 4.09. The molecule has 4 nitrogen and oxygen atoms in total. The minimum atomic E-state index is 0.602. The zero-order valence-corrected chi connectivity index (χ0v) is 16.5. The molecule has 2 aromatic rings. The monoisotopic (exact) mass is 366 g/mol. The Morgan fingerprint density at radius 2 is 2.19 bits per heavy atom. The van der Waals surface area contributed by atoms with Gasteiger partial charge >= 0.3 is 0 Å². The summed E-state index contributed by atoms with van der Waals surface area (Å²) < 4.78 is 11.4. The number of anilines is 1. The molecule has 0 aromatic heterocycles. The molecule has 0 bridgehead atoms. The number of rotatable bonds is 6. The van der Waals surface area contributed by atoms with E-state index >= 15 is 0 Å². The fraction of sp³-hybridized carbons (Fsp3) is 0.478. The van der Waals surface area contributed by atoms with Crippen molar-refractivity contribution in [2.75, 3.05) is 45.7 Å². The first-order valence-corrected chi connectivity index (χ1v) is 10.1. The van der Waals surface area contributed by atoms with Gasteiger partial charge in [-0.05, 0) is 73.5 Å². The normalized spacial score (nSPS) is 18.3. The molecule has 2 aromatic carbocycles. The van der Waals surface area contributed by atoms with Crippen LogP contribution in [0.5, 0.6) is 11.5 Å². The van der Waals surface area contributed by atoms with Crippen molar-refractivity contribution in [1.29, 1.82) is 0 Å². The second kappa shape index (κ2) is 8.22. The van der Waals surface area contributed by atoms with E-state index in [1.807, 2.05) is 0 Å². The van der Waals surface area contributed by atoms with E-state index in [0.717, 1.165) is 56.3 Å². The second-order valence-corrected chi connectivity index (χ2v) is 7.74. The van der Waals surface area contributed by atoms with Crippen molar-refractivity contribution in [3.8, 4) is 11.5 Å². The van der Waals surface area contributed by atoms with E-state index in [1.165, 1.54) is 29.5 Å². The Bertz CT molecular complexity index is 790. The summed E-state index contributed by atoms with van der Waals surface area (Å²) in [6, 6.07) is 13.1. The topological polar surface area (TPSA) is 33.7 Å². The van der Waals surface area contributed by atoms with Crippen LogP contribution < -0.4 is 14.8 Å². The SMILES string of the molecule is COc1cccc2c1CCCC2CN(C)CCc1ccc2c(c1)OCCN2. The van der Waals surface area contributed by atoms with Crippen LogP contribution in [0.1, 0.15) is 35.4 Å². The highest BCUT2D eigenvalue weighted by molar-refractivity contribution is 5.59. The van der Waals surface area contributed by atoms with Crippen LogP contribution >= 0.6 is 0 Å². The largest absolute Gasteiger partial charge is 0.496 e. The van der Waals surface area contributed by atoms with E-state index in [2.05, 4.69) is 53.7 Å². The van der Waals surface area contributed by atoms with E-state index in [0.29, 0.717) is 5.92 Å². The molecule has 144 valence electrons. The Morgan fingerprint density at radius 1 is 1.26 bits per heavy atom. The average molecular weight is 367 g/mol. The van der Waals surface area contributed by atoms with Crippen molar-refractivity contribution in [2.45, 2.75) is 31.6 Å². The predicted molar refractivity (Wildman–Crippen MR) is 110 cm³/mol. The van der Waals surface area contributed by atoms with Gasteiger partial charge in [0, 0.05) is 19.6 Å². The van der Waals surface area contributed by atoms with Crippen LogP contribution in [0.25, 0.3) is 0 Å². The zero-order valence-electron chi connectivity index (χ0n) is 16.5. The van der Waals surface area contributed by atoms with Crippen LogP contribution in [0.15, 0.2) is 36.4 Å². The summed E-state index contributed by atoms with van der Waals surface area (Å²) in [5.74, 6) is 2.65. The van der Waals surface area contributed by atoms with Crippen LogP contribution in [0.2, 0.25) is 0 Å². The molecule has 0 saturated carbocycles. The summed E-state index contributed by atoms with van der Waals surface area (Å²) in [6.07, 6.45) is 4.71. The number of hydrogen-bond donors (Lipinski definition) is 1. The van der Waals surface area contributed by atoms with Gasteiger partial charge in [-0.25, -0.2) is 0 Å². The quantitative estimate of drug-likeness (QED) is 0.835. The van der Waals surface area contributed by atoms with Crippen LogP contribution in [0.4, 0.5) is 5.69 Å². The number of likely N-dealkylation sites (N-methyl/N-ethyl adjacent to an activating group) is 1. The van der Waals surface area contributed by atoms with Crippen molar-refractivity contribution in [3.63, 3.8) is 0 Å². The fourth-order valence-electron chi connectivity index (χ4n) is 4.42. The molecule has 0 spiro atoms. The number of fused-ring (bicyclic) bond motifs is 2. The fourth-order valence-corrected chi connectivity index (χ4v) is 4.42. The Morgan fingerprint density at radius 3 is 3.07 bits per heavy atom. The maximum atomic E-state index is 5.77. The van der Waals surface area contributed by atoms with Crippen LogP contribution in [0.3, 0.4) is 0 Å². The Labute approximate surface area is 162 Å². The number of methoxy groups -OCH3 is 1. The summed E-state index contributed by atoms with van der Waals surface area (Å²) >= 11 is 0. The molecule has 0 fully saturated rings. The summed E-state index contributed by atoms with van der Waals surface area (Å²) in [5, 5.41) is 3.38. The van der Waals surface area contributed by atoms with Gasteiger partial charge in [-0.2, -0.15) is 0 Å². The lowest BCUT2D eigenvalue weighted by atomic mass is 9.82. The molecule has 27 heavy (non-hydrogen) atoms. The number of benzene rings is 2. The maximum Gasteiger partial charge on any atom is 0.142 e. The van der Waals surface area contributed by atoms with E-state index in [9.17, 15) is 0 Å². The molecule has 4 heteroatoms. The minimum Gasteiger partial charge on any atom is -0.496 e. The zero-order chi connectivity index (χ0) is 18.6. The van der Waals surface area contributed by atoms with Crippen LogP contribution in [-0.4, -0.2) is 45.3 Å². The van der Waals surface area contributed by atoms with Crippen LogP contribution in [0, 0.1) is 0 Å². The van der Waals surface area contributed by atoms with E-state index in [1.54, 1.807) is 7.11 Å². The molecule has 1 unspecified atom stereocenters. The molecule has 0 amide bonds. The number of nitrogens with one attached hydrogen (secondary N) is 1. The summed E-state index contributed by atoms with van der Waals surface area (Å²) in [7, 11) is 4.02. The van der Waals surface area contributed by atoms with Gasteiger partial charge in [0.15, 0.2) is 0 Å². The van der Waals surface area contributed by atoms with E-state index < -0.39 is 0 Å². The lowest BCUT2D eigenvalue weighted by Gasteiger charge is -2.30. The third-order valence-corrected chi connectivity index (χ3v) is 5.84. The lowest BCUT2D eigenvalue weighted by molar-refractivity contribution is 0.298. The van der Waals surface area contributed by atoms with Gasteiger partial charge in [-0.3, -0.25) is 0 Å². The average Bonchev–Trinajstić information content (AvgIpc) is 2.72. The summed E-state index contributed by atoms with van der Waals surface area (Å²) in [4.78, 5) is 2.47.